The van der Waals surface area contributed by atoms with E-state index in [0.29, 0.717) is 17.0 Å². The van der Waals surface area contributed by atoms with Crippen molar-refractivity contribution in [1.29, 1.82) is 0 Å². The van der Waals surface area contributed by atoms with Crippen LogP contribution in [0.25, 0.3) is 0 Å². The number of aryl methyl sites for hydroxylation is 3. The molecule has 7 heteroatoms. The summed E-state index contributed by atoms with van der Waals surface area (Å²) in [7, 11) is -3.61. The lowest BCUT2D eigenvalue weighted by Gasteiger charge is -2.24. The molecule has 2 aliphatic rings. The van der Waals surface area contributed by atoms with Gasteiger partial charge in [-0.1, -0.05) is 17.7 Å². The third kappa shape index (κ3) is 4.27. The maximum Gasteiger partial charge on any atom is 0.241 e. The molecule has 6 nitrogen and oxygen atoms in total. The second-order valence-electron chi connectivity index (χ2n) is 7.64. The predicted molar refractivity (Wildman–Crippen MR) is 102 cm³/mol. The van der Waals surface area contributed by atoms with Crippen molar-refractivity contribution in [2.24, 2.45) is 0 Å². The van der Waals surface area contributed by atoms with Crippen molar-refractivity contribution >= 4 is 15.9 Å². The molecule has 3 rings (SSSR count). The highest BCUT2D eigenvalue weighted by Gasteiger charge is 2.31. The molecule has 2 saturated heterocycles. The highest BCUT2D eigenvalue weighted by atomic mass is 32.2. The fourth-order valence-corrected chi connectivity index (χ4v) is 5.76. The largest absolute Gasteiger partial charge is 0.341 e. The van der Waals surface area contributed by atoms with E-state index < -0.39 is 10.0 Å². The topological polar surface area (TPSA) is 78.5 Å². The van der Waals surface area contributed by atoms with Crippen molar-refractivity contribution < 1.29 is 13.2 Å². The van der Waals surface area contributed by atoms with Crippen molar-refractivity contribution in [2.45, 2.75) is 63.4 Å². The van der Waals surface area contributed by atoms with Crippen LogP contribution in [0, 0.1) is 20.8 Å². The molecule has 1 aromatic carbocycles. The summed E-state index contributed by atoms with van der Waals surface area (Å²) in [6.07, 6.45) is 3.49. The zero-order valence-corrected chi connectivity index (χ0v) is 16.7. The Labute approximate surface area is 156 Å². The van der Waals surface area contributed by atoms with Gasteiger partial charge in [0.15, 0.2) is 0 Å². The van der Waals surface area contributed by atoms with Gasteiger partial charge in [0.05, 0.1) is 4.90 Å². The average molecular weight is 380 g/mol. The minimum absolute atomic E-state index is 0.0272. The number of hydrogen-bond donors (Lipinski definition) is 2. The van der Waals surface area contributed by atoms with Crippen molar-refractivity contribution in [2.75, 3.05) is 19.6 Å². The van der Waals surface area contributed by atoms with Gasteiger partial charge in [-0.25, -0.2) is 13.1 Å². The fraction of sp³-hybridized carbons (Fsp3) is 0.632. The van der Waals surface area contributed by atoms with Gasteiger partial charge in [0, 0.05) is 38.1 Å². The van der Waals surface area contributed by atoms with Gasteiger partial charge >= 0.3 is 0 Å². The molecule has 0 radical (unpaired) electrons. The van der Waals surface area contributed by atoms with E-state index in [-0.39, 0.29) is 18.9 Å². The number of rotatable bonds is 5. The van der Waals surface area contributed by atoms with E-state index in [1.165, 1.54) is 6.42 Å². The van der Waals surface area contributed by atoms with E-state index in [1.54, 1.807) is 13.8 Å². The number of amides is 1. The number of carbonyl (C=O) groups excluding carboxylic acids is 1. The van der Waals surface area contributed by atoms with Crippen molar-refractivity contribution in [3.8, 4) is 0 Å². The van der Waals surface area contributed by atoms with E-state index in [1.807, 2.05) is 24.0 Å². The lowest BCUT2D eigenvalue weighted by atomic mass is 10.1. The van der Waals surface area contributed by atoms with Crippen LogP contribution >= 0.6 is 0 Å². The Kier molecular flexibility index (Phi) is 5.69. The van der Waals surface area contributed by atoms with Gasteiger partial charge in [0.1, 0.15) is 0 Å². The first kappa shape index (κ1) is 19.3. The number of likely N-dealkylation sites (tertiary alicyclic amines) is 1. The first-order valence-electron chi connectivity index (χ1n) is 9.37. The zero-order valence-electron chi connectivity index (χ0n) is 15.8. The molecule has 2 bridgehead atoms. The van der Waals surface area contributed by atoms with Crippen molar-refractivity contribution in [3.05, 3.63) is 28.8 Å². The number of fused-ring (bicyclic) bond motifs is 2. The normalized spacial score (nSPS) is 23.1. The fourth-order valence-electron chi connectivity index (χ4n) is 4.28. The number of hydrogen-bond acceptors (Lipinski definition) is 4. The molecule has 2 N–H and O–H groups in total. The number of sulfonamides is 1. The molecule has 2 unspecified atom stereocenters. The number of benzene rings is 1. The summed E-state index contributed by atoms with van der Waals surface area (Å²) < 4.78 is 27.9. The van der Waals surface area contributed by atoms with Crippen LogP contribution in [0.5, 0.6) is 0 Å². The van der Waals surface area contributed by atoms with E-state index in [0.717, 1.165) is 42.6 Å². The molecule has 2 aliphatic heterocycles. The predicted octanol–water partition coefficient (Wildman–Crippen LogP) is 1.63. The highest BCUT2D eigenvalue weighted by Crippen LogP contribution is 2.22. The second kappa shape index (κ2) is 7.66. The third-order valence-electron chi connectivity index (χ3n) is 5.38. The minimum Gasteiger partial charge on any atom is -0.341 e. The highest BCUT2D eigenvalue weighted by molar-refractivity contribution is 7.89. The van der Waals surface area contributed by atoms with Crippen LogP contribution in [-0.2, 0) is 14.8 Å². The van der Waals surface area contributed by atoms with Gasteiger partial charge in [-0.05, 0) is 51.2 Å². The molecular weight excluding hydrogens is 350 g/mol. The van der Waals surface area contributed by atoms with Crippen LogP contribution < -0.4 is 10.0 Å². The Morgan fingerprint density at radius 1 is 1.15 bits per heavy atom. The smallest absolute Gasteiger partial charge is 0.241 e. The molecule has 0 spiro atoms. The van der Waals surface area contributed by atoms with E-state index in [9.17, 15) is 13.2 Å². The van der Waals surface area contributed by atoms with Crippen molar-refractivity contribution in [3.63, 3.8) is 0 Å². The summed E-state index contributed by atoms with van der Waals surface area (Å²) in [4.78, 5) is 14.7. The van der Waals surface area contributed by atoms with E-state index in [2.05, 4.69) is 10.0 Å². The zero-order chi connectivity index (χ0) is 18.9. The van der Waals surface area contributed by atoms with Gasteiger partial charge in [-0.15, -0.1) is 0 Å². The van der Waals surface area contributed by atoms with Crippen molar-refractivity contribution in [1.82, 2.24) is 14.9 Å². The Morgan fingerprint density at radius 3 is 2.50 bits per heavy atom. The monoisotopic (exact) mass is 379 g/mol. The number of carbonyl (C=O) groups is 1. The van der Waals surface area contributed by atoms with Gasteiger partial charge in [-0.3, -0.25) is 4.79 Å². The molecule has 1 aromatic rings. The summed E-state index contributed by atoms with van der Waals surface area (Å²) in [5.41, 5.74) is 2.50. The summed E-state index contributed by atoms with van der Waals surface area (Å²) in [6.45, 7) is 7.18. The lowest BCUT2D eigenvalue weighted by molar-refractivity contribution is -0.131. The molecule has 144 valence electrons. The first-order valence-corrected chi connectivity index (χ1v) is 10.9. The quantitative estimate of drug-likeness (QED) is 0.815. The Balaban J connectivity index is 1.58. The van der Waals surface area contributed by atoms with Gasteiger partial charge in [0.2, 0.25) is 15.9 Å². The summed E-state index contributed by atoms with van der Waals surface area (Å²) in [6, 6.07) is 4.66. The Hall–Kier alpha value is -1.44. The number of nitrogens with zero attached hydrogens (tertiary/aromatic N) is 1. The first-order chi connectivity index (χ1) is 12.3. The molecule has 0 aliphatic carbocycles. The second-order valence-corrected chi connectivity index (χ2v) is 9.35. The van der Waals surface area contributed by atoms with Gasteiger partial charge < -0.3 is 10.2 Å². The molecule has 26 heavy (non-hydrogen) atoms. The maximum atomic E-state index is 12.7. The molecule has 1 amide bonds. The lowest BCUT2D eigenvalue weighted by Crippen LogP contribution is -2.40. The average Bonchev–Trinajstić information content (AvgIpc) is 2.84. The van der Waals surface area contributed by atoms with Crippen LogP contribution in [0.3, 0.4) is 0 Å². The van der Waals surface area contributed by atoms with E-state index in [4.69, 9.17) is 0 Å². The Morgan fingerprint density at radius 2 is 1.81 bits per heavy atom. The van der Waals surface area contributed by atoms with Crippen LogP contribution in [-0.4, -0.2) is 50.9 Å². The number of nitrogens with one attached hydrogen (secondary N) is 2. The third-order valence-corrected chi connectivity index (χ3v) is 7.15. The molecule has 0 aromatic heterocycles. The van der Waals surface area contributed by atoms with Gasteiger partial charge in [0.25, 0.3) is 0 Å². The van der Waals surface area contributed by atoms with Crippen LogP contribution in [0.2, 0.25) is 0 Å². The molecular formula is C19H29N3O3S. The maximum absolute atomic E-state index is 12.7. The van der Waals surface area contributed by atoms with Crippen LogP contribution in [0.1, 0.15) is 42.4 Å². The minimum atomic E-state index is -3.61. The SMILES string of the molecule is Cc1cc(C)c(S(=O)(=O)NCCC(=O)N2CCC3CCC(C2)N3)c(C)c1. The standard InChI is InChI=1S/C19H29N3O3S/c1-13-10-14(2)19(15(3)11-13)26(24,25)20-8-6-18(23)22-9-7-16-4-5-17(12-22)21-16/h10-11,16-17,20-21H,4-9,12H2,1-3H3. The summed E-state index contributed by atoms with van der Waals surface area (Å²) in [5, 5.41) is 3.55. The van der Waals surface area contributed by atoms with E-state index >= 15 is 0 Å². The molecule has 2 heterocycles. The molecule has 2 atom stereocenters. The molecule has 0 saturated carbocycles. The summed E-state index contributed by atoms with van der Waals surface area (Å²) in [5.74, 6) is 0.0272. The Bertz CT molecular complexity index is 768. The van der Waals surface area contributed by atoms with Gasteiger partial charge in [-0.2, -0.15) is 0 Å². The van der Waals surface area contributed by atoms with Crippen LogP contribution in [0.15, 0.2) is 17.0 Å². The summed E-state index contributed by atoms with van der Waals surface area (Å²) >= 11 is 0. The molecule has 2 fully saturated rings. The van der Waals surface area contributed by atoms with Crippen LogP contribution in [0.4, 0.5) is 0 Å².